The zero-order chi connectivity index (χ0) is 15.1. The van der Waals surface area contributed by atoms with Crippen LogP contribution in [-0.2, 0) is 6.18 Å². The standard InChI is InChI=1S/C12H4Cl3F3IN/c13-6-2-1-5(9(14)10(6)15)11-8(12(16,17)18)7(19)3-4-20-11/h1-4H. The Morgan fingerprint density at radius 2 is 1.65 bits per heavy atom. The lowest BCUT2D eigenvalue weighted by molar-refractivity contribution is -0.137. The average Bonchev–Trinajstić information content (AvgIpc) is 2.34. The molecule has 0 atom stereocenters. The fourth-order valence-electron chi connectivity index (χ4n) is 1.62. The third-order valence-corrected chi connectivity index (χ3v) is 4.67. The SMILES string of the molecule is FC(F)(F)c1c(I)ccnc1-c1ccc(Cl)c(Cl)c1Cl. The third kappa shape index (κ3) is 3.00. The monoisotopic (exact) mass is 451 g/mol. The predicted molar refractivity (Wildman–Crippen MR) is 82.4 cm³/mol. The number of rotatable bonds is 1. The zero-order valence-corrected chi connectivity index (χ0v) is 13.8. The molecule has 1 aromatic heterocycles. The Balaban J connectivity index is 2.78. The van der Waals surface area contributed by atoms with E-state index >= 15 is 0 Å². The van der Waals surface area contributed by atoms with E-state index in [-0.39, 0.29) is 29.9 Å². The molecule has 1 nitrogen and oxygen atoms in total. The lowest BCUT2D eigenvalue weighted by atomic mass is 10.1. The van der Waals surface area contributed by atoms with Crippen LogP contribution in [0.5, 0.6) is 0 Å². The minimum atomic E-state index is -4.55. The van der Waals surface area contributed by atoms with Crippen molar-refractivity contribution in [2.75, 3.05) is 0 Å². The Hall–Kier alpha value is -0.240. The Kier molecular flexibility index (Phi) is 4.73. The molecule has 0 aliphatic heterocycles. The number of hydrogen-bond donors (Lipinski definition) is 0. The Bertz CT molecular complexity index is 674. The summed E-state index contributed by atoms with van der Waals surface area (Å²) in [5, 5.41) is 0.110. The molecule has 0 saturated heterocycles. The molecule has 0 aliphatic carbocycles. The van der Waals surface area contributed by atoms with E-state index in [0.717, 1.165) is 0 Å². The van der Waals surface area contributed by atoms with Gasteiger partial charge in [-0.2, -0.15) is 13.2 Å². The summed E-state index contributed by atoms with van der Waals surface area (Å²) in [5.74, 6) is 0. The molecule has 1 heterocycles. The highest BCUT2D eigenvalue weighted by molar-refractivity contribution is 14.1. The van der Waals surface area contributed by atoms with Crippen molar-refractivity contribution in [2.24, 2.45) is 0 Å². The Morgan fingerprint density at radius 1 is 1.00 bits per heavy atom. The number of hydrogen-bond acceptors (Lipinski definition) is 1. The van der Waals surface area contributed by atoms with Gasteiger partial charge in [-0.05, 0) is 40.8 Å². The number of alkyl halides is 3. The second kappa shape index (κ2) is 5.87. The van der Waals surface area contributed by atoms with E-state index in [1.165, 1.54) is 24.4 Å². The van der Waals surface area contributed by atoms with Gasteiger partial charge in [0.2, 0.25) is 0 Å². The molecule has 1 aromatic carbocycles. The van der Waals surface area contributed by atoms with Crippen molar-refractivity contribution in [2.45, 2.75) is 6.18 Å². The molecule has 0 N–H and O–H groups in total. The molecular formula is C12H4Cl3F3IN. The number of aromatic nitrogens is 1. The summed E-state index contributed by atoms with van der Waals surface area (Å²) in [7, 11) is 0. The van der Waals surface area contributed by atoms with Gasteiger partial charge in [0, 0.05) is 15.3 Å². The summed E-state index contributed by atoms with van der Waals surface area (Å²) in [6.07, 6.45) is -3.26. The molecule has 0 amide bonds. The van der Waals surface area contributed by atoms with Gasteiger partial charge in [-0.25, -0.2) is 0 Å². The van der Waals surface area contributed by atoms with Crippen molar-refractivity contribution in [3.63, 3.8) is 0 Å². The molecule has 8 heteroatoms. The molecule has 0 saturated carbocycles. The molecule has 20 heavy (non-hydrogen) atoms. The van der Waals surface area contributed by atoms with Crippen LogP contribution in [-0.4, -0.2) is 4.98 Å². The van der Waals surface area contributed by atoms with Gasteiger partial charge in [0.15, 0.2) is 0 Å². The zero-order valence-electron chi connectivity index (χ0n) is 9.40. The summed E-state index contributed by atoms with van der Waals surface area (Å²) >= 11 is 19.2. The average molecular weight is 452 g/mol. The first-order chi connectivity index (χ1) is 9.23. The van der Waals surface area contributed by atoms with E-state index in [1.807, 2.05) is 0 Å². The van der Waals surface area contributed by atoms with Gasteiger partial charge in [0.25, 0.3) is 0 Å². The molecule has 0 bridgehead atoms. The van der Waals surface area contributed by atoms with Gasteiger partial charge in [-0.3, -0.25) is 4.98 Å². The topological polar surface area (TPSA) is 12.9 Å². The minimum absolute atomic E-state index is 0.000353. The molecular weight excluding hydrogens is 448 g/mol. The second-order valence-electron chi connectivity index (χ2n) is 3.74. The lowest BCUT2D eigenvalue weighted by Crippen LogP contribution is -2.11. The fraction of sp³-hybridized carbons (Fsp3) is 0.0833. The summed E-state index contributed by atoms with van der Waals surface area (Å²) in [5.41, 5.74) is -1.03. The third-order valence-electron chi connectivity index (χ3n) is 2.47. The molecule has 2 aromatic rings. The molecule has 0 radical (unpaired) electrons. The predicted octanol–water partition coefficient (Wildman–Crippen LogP) is 6.33. The van der Waals surface area contributed by atoms with E-state index in [2.05, 4.69) is 4.98 Å². The van der Waals surface area contributed by atoms with E-state index in [1.54, 1.807) is 22.6 Å². The maximum Gasteiger partial charge on any atom is 0.419 e. The van der Waals surface area contributed by atoms with Crippen molar-refractivity contribution < 1.29 is 13.2 Å². The van der Waals surface area contributed by atoms with E-state index in [9.17, 15) is 13.2 Å². The summed E-state index contributed by atoms with van der Waals surface area (Å²) in [6.45, 7) is 0. The van der Waals surface area contributed by atoms with Gasteiger partial charge in [0.05, 0.1) is 26.3 Å². The number of pyridine rings is 1. The van der Waals surface area contributed by atoms with Crippen LogP contribution in [0.3, 0.4) is 0 Å². The summed E-state index contributed by atoms with van der Waals surface area (Å²) in [4.78, 5) is 3.80. The summed E-state index contributed by atoms with van der Waals surface area (Å²) in [6, 6.07) is 4.02. The normalized spacial score (nSPS) is 11.8. The highest BCUT2D eigenvalue weighted by atomic mass is 127. The van der Waals surface area contributed by atoms with Gasteiger partial charge in [0.1, 0.15) is 0 Å². The van der Waals surface area contributed by atoms with Crippen LogP contribution >= 0.6 is 57.4 Å². The van der Waals surface area contributed by atoms with Gasteiger partial charge < -0.3 is 0 Å². The van der Waals surface area contributed by atoms with Crippen LogP contribution in [0.25, 0.3) is 11.3 Å². The van der Waals surface area contributed by atoms with Gasteiger partial charge in [-0.15, -0.1) is 0 Å². The van der Waals surface area contributed by atoms with Crippen molar-refractivity contribution in [3.8, 4) is 11.3 Å². The van der Waals surface area contributed by atoms with E-state index in [4.69, 9.17) is 34.8 Å². The fourth-order valence-corrected chi connectivity index (χ4v) is 2.97. The highest BCUT2D eigenvalue weighted by Gasteiger charge is 2.37. The molecule has 0 fully saturated rings. The van der Waals surface area contributed by atoms with Crippen LogP contribution in [0.1, 0.15) is 5.56 Å². The lowest BCUT2D eigenvalue weighted by Gasteiger charge is -2.15. The van der Waals surface area contributed by atoms with Crippen LogP contribution in [0.2, 0.25) is 15.1 Å². The van der Waals surface area contributed by atoms with Gasteiger partial charge in [-0.1, -0.05) is 34.8 Å². The molecule has 2 rings (SSSR count). The Labute approximate surface area is 141 Å². The van der Waals surface area contributed by atoms with Crippen LogP contribution in [0.15, 0.2) is 24.4 Å². The number of benzene rings is 1. The minimum Gasteiger partial charge on any atom is -0.255 e. The quantitative estimate of drug-likeness (QED) is 0.364. The molecule has 106 valence electrons. The summed E-state index contributed by atoms with van der Waals surface area (Å²) < 4.78 is 39.5. The molecule has 0 spiro atoms. The molecule has 0 aliphatic rings. The first-order valence-corrected chi connectivity index (χ1v) is 7.30. The molecule has 0 unspecified atom stereocenters. The Morgan fingerprint density at radius 3 is 2.25 bits per heavy atom. The maximum absolute atomic E-state index is 13.2. The largest absolute Gasteiger partial charge is 0.419 e. The van der Waals surface area contributed by atoms with Gasteiger partial charge >= 0.3 is 6.18 Å². The van der Waals surface area contributed by atoms with Crippen molar-refractivity contribution >= 4 is 57.4 Å². The van der Waals surface area contributed by atoms with E-state index in [0.29, 0.717) is 0 Å². The smallest absolute Gasteiger partial charge is 0.255 e. The van der Waals surface area contributed by atoms with Crippen molar-refractivity contribution in [3.05, 3.63) is 48.6 Å². The maximum atomic E-state index is 13.2. The number of halogens is 7. The van der Waals surface area contributed by atoms with Crippen LogP contribution in [0.4, 0.5) is 13.2 Å². The van der Waals surface area contributed by atoms with Crippen LogP contribution in [0, 0.1) is 3.57 Å². The van der Waals surface area contributed by atoms with Crippen LogP contribution < -0.4 is 0 Å². The van der Waals surface area contributed by atoms with E-state index < -0.39 is 11.7 Å². The highest BCUT2D eigenvalue weighted by Crippen LogP contribution is 2.43. The first kappa shape index (κ1) is 16.1. The second-order valence-corrected chi connectivity index (χ2v) is 6.06. The first-order valence-electron chi connectivity index (χ1n) is 5.09. The van der Waals surface area contributed by atoms with Crippen molar-refractivity contribution in [1.29, 1.82) is 0 Å². The van der Waals surface area contributed by atoms with Crippen molar-refractivity contribution in [1.82, 2.24) is 4.98 Å². The number of nitrogens with zero attached hydrogens (tertiary/aromatic N) is 1.